The number of aromatic nitrogens is 4. The van der Waals surface area contributed by atoms with Crippen molar-refractivity contribution in [3.8, 4) is 0 Å². The van der Waals surface area contributed by atoms with Crippen LogP contribution in [0.15, 0.2) is 6.33 Å². The second-order valence-electron chi connectivity index (χ2n) is 12.4. The first-order valence-electron chi connectivity index (χ1n) is 12.7. The SMILES string of the molecule is CC(C)(C)OC(=O)N[C@@H]1[C@@H](NC(=O)OC(C)(C)C)CN(NC(=O)OC(C)(C)C)[C@H]1c1ncn2c(N)nc(N)nc12. The van der Waals surface area contributed by atoms with Gasteiger partial charge in [0.15, 0.2) is 5.65 Å². The highest BCUT2D eigenvalue weighted by molar-refractivity contribution is 5.71. The molecule has 0 aliphatic carbocycles. The average Bonchev–Trinajstić information content (AvgIpc) is 3.25. The maximum Gasteiger partial charge on any atom is 0.422 e. The molecule has 1 saturated heterocycles. The minimum atomic E-state index is -0.909. The van der Waals surface area contributed by atoms with Crippen molar-refractivity contribution in [1.29, 1.82) is 0 Å². The highest BCUT2D eigenvalue weighted by Gasteiger charge is 2.48. The third kappa shape index (κ3) is 7.97. The number of nitrogen functional groups attached to an aromatic ring is 2. The Balaban J connectivity index is 2.09. The van der Waals surface area contributed by atoms with Crippen LogP contribution in [-0.4, -0.2) is 78.1 Å². The normalized spacial score (nSPS) is 20.2. The Labute approximate surface area is 232 Å². The van der Waals surface area contributed by atoms with Crippen molar-refractivity contribution in [2.24, 2.45) is 0 Å². The number of amides is 3. The van der Waals surface area contributed by atoms with Gasteiger partial charge in [-0.2, -0.15) is 9.97 Å². The first-order chi connectivity index (χ1) is 18.2. The molecule has 0 bridgehead atoms. The Bertz CT molecular complexity index is 1260. The minimum Gasteiger partial charge on any atom is -0.444 e. The summed E-state index contributed by atoms with van der Waals surface area (Å²) in [6, 6.07) is -2.61. The van der Waals surface area contributed by atoms with Crippen molar-refractivity contribution >= 4 is 35.8 Å². The van der Waals surface area contributed by atoms with Gasteiger partial charge in [0.2, 0.25) is 11.9 Å². The van der Waals surface area contributed by atoms with Crippen LogP contribution < -0.4 is 27.5 Å². The lowest BCUT2D eigenvalue weighted by Gasteiger charge is -2.30. The van der Waals surface area contributed by atoms with Crippen LogP contribution in [0.5, 0.6) is 0 Å². The van der Waals surface area contributed by atoms with E-state index in [4.69, 9.17) is 25.7 Å². The molecule has 0 radical (unpaired) electrons. The van der Waals surface area contributed by atoms with Gasteiger partial charge in [-0.1, -0.05) is 0 Å². The van der Waals surface area contributed by atoms with E-state index in [9.17, 15) is 14.4 Å². The molecule has 0 saturated carbocycles. The van der Waals surface area contributed by atoms with Crippen molar-refractivity contribution in [3.63, 3.8) is 0 Å². The maximum atomic E-state index is 13.0. The maximum absolute atomic E-state index is 13.0. The fourth-order valence-corrected chi connectivity index (χ4v) is 4.07. The molecule has 16 heteroatoms. The Kier molecular flexibility index (Phi) is 8.24. The predicted molar refractivity (Wildman–Crippen MR) is 145 cm³/mol. The second-order valence-corrected chi connectivity index (χ2v) is 12.4. The minimum absolute atomic E-state index is 0.0126. The van der Waals surface area contributed by atoms with Crippen LogP contribution in [0, 0.1) is 0 Å². The van der Waals surface area contributed by atoms with Crippen LogP contribution in [0.2, 0.25) is 0 Å². The van der Waals surface area contributed by atoms with Crippen LogP contribution >= 0.6 is 0 Å². The summed E-state index contributed by atoms with van der Waals surface area (Å²) < 4.78 is 17.8. The quantitative estimate of drug-likeness (QED) is 0.337. The zero-order valence-electron chi connectivity index (χ0n) is 24.4. The number of carbonyl (C=O) groups is 3. The van der Waals surface area contributed by atoms with E-state index in [1.54, 1.807) is 62.3 Å². The number of nitrogens with one attached hydrogen (secondary N) is 3. The number of imidazole rings is 1. The molecule has 3 atom stereocenters. The molecule has 16 nitrogen and oxygen atoms in total. The van der Waals surface area contributed by atoms with Gasteiger partial charge >= 0.3 is 18.3 Å². The Morgan fingerprint density at radius 2 is 1.38 bits per heavy atom. The summed E-state index contributed by atoms with van der Waals surface area (Å²) in [5.74, 6) is -0.0672. The summed E-state index contributed by atoms with van der Waals surface area (Å²) in [5, 5.41) is 7.08. The number of anilines is 2. The molecule has 3 heterocycles. The van der Waals surface area contributed by atoms with Crippen LogP contribution in [0.25, 0.3) is 5.65 Å². The summed E-state index contributed by atoms with van der Waals surface area (Å²) >= 11 is 0. The topological polar surface area (TPSA) is 213 Å². The van der Waals surface area contributed by atoms with E-state index in [1.807, 2.05) is 0 Å². The average molecular weight is 565 g/mol. The first-order valence-corrected chi connectivity index (χ1v) is 12.7. The summed E-state index contributed by atoms with van der Waals surface area (Å²) in [7, 11) is 0. The molecule has 2 aromatic heterocycles. The molecule has 0 spiro atoms. The van der Waals surface area contributed by atoms with Gasteiger partial charge in [0, 0.05) is 6.54 Å². The number of alkyl carbamates (subject to hydrolysis) is 2. The molecule has 2 aromatic rings. The van der Waals surface area contributed by atoms with Crippen LogP contribution in [0.3, 0.4) is 0 Å². The van der Waals surface area contributed by atoms with Gasteiger partial charge in [-0.15, -0.1) is 0 Å². The van der Waals surface area contributed by atoms with Gasteiger partial charge in [-0.05, 0) is 62.3 Å². The molecular formula is C24H40N10O6. The Hall–Kier alpha value is -4.08. The predicted octanol–water partition coefficient (Wildman–Crippen LogP) is 1.87. The van der Waals surface area contributed by atoms with E-state index in [1.165, 1.54) is 15.7 Å². The second kappa shape index (κ2) is 10.8. The molecule has 3 amide bonds. The summed E-state index contributed by atoms with van der Waals surface area (Å²) in [5.41, 5.74) is 12.7. The number of hydrogen-bond donors (Lipinski definition) is 5. The number of nitrogens with two attached hydrogens (primary N) is 2. The lowest BCUT2D eigenvalue weighted by atomic mass is 10.0. The lowest BCUT2D eigenvalue weighted by Crippen LogP contribution is -2.53. The van der Waals surface area contributed by atoms with E-state index >= 15 is 0 Å². The van der Waals surface area contributed by atoms with Crippen LogP contribution in [-0.2, 0) is 14.2 Å². The number of rotatable bonds is 4. The van der Waals surface area contributed by atoms with E-state index in [0.717, 1.165) is 0 Å². The van der Waals surface area contributed by atoms with E-state index in [0.29, 0.717) is 0 Å². The first kappa shape index (κ1) is 30.5. The number of hydrogen-bond acceptors (Lipinski definition) is 12. The summed E-state index contributed by atoms with van der Waals surface area (Å²) in [4.78, 5) is 51.3. The summed E-state index contributed by atoms with van der Waals surface area (Å²) in [6.07, 6.45) is -0.847. The largest absolute Gasteiger partial charge is 0.444 e. The molecule has 7 N–H and O–H groups in total. The Morgan fingerprint density at radius 1 is 0.850 bits per heavy atom. The van der Waals surface area contributed by atoms with E-state index < -0.39 is 53.2 Å². The van der Waals surface area contributed by atoms with Gasteiger partial charge in [-0.3, -0.25) is 9.83 Å². The number of nitrogens with zero attached hydrogens (tertiary/aromatic N) is 5. The fraction of sp³-hybridized carbons (Fsp3) is 0.667. The van der Waals surface area contributed by atoms with Gasteiger partial charge in [0.05, 0.1) is 18.1 Å². The number of carbonyl (C=O) groups excluding carboxylic acids is 3. The van der Waals surface area contributed by atoms with Crippen molar-refractivity contribution in [2.45, 2.75) is 97.2 Å². The van der Waals surface area contributed by atoms with Crippen molar-refractivity contribution in [3.05, 3.63) is 12.0 Å². The molecule has 1 aliphatic heterocycles. The van der Waals surface area contributed by atoms with E-state index in [2.05, 4.69) is 31.0 Å². The van der Waals surface area contributed by atoms with Gasteiger partial charge in [0.1, 0.15) is 28.8 Å². The monoisotopic (exact) mass is 564 g/mol. The molecule has 1 aliphatic rings. The zero-order chi connectivity index (χ0) is 30.2. The number of ether oxygens (including phenoxy) is 3. The van der Waals surface area contributed by atoms with Crippen molar-refractivity contribution in [2.75, 3.05) is 18.0 Å². The number of fused-ring (bicyclic) bond motifs is 1. The lowest BCUT2D eigenvalue weighted by molar-refractivity contribution is 0.0286. The van der Waals surface area contributed by atoms with Gasteiger partial charge in [0.25, 0.3) is 0 Å². The Morgan fingerprint density at radius 3 is 1.93 bits per heavy atom. The van der Waals surface area contributed by atoms with Gasteiger partial charge < -0.3 is 36.3 Å². The standard InChI is InChI=1S/C24H40N10O6/c1-22(2,3)38-19(35)28-12-10-34(32-21(37)40-24(7,8)9)15(13(12)29-20(36)39-23(4,5)6)14-16-30-17(25)31-18(26)33(16)11-27-14/h11-13,15H,10H2,1-9H3,(H,28,35)(H,29,36)(H,32,37)(H4,25,26,30,31)/t12-,13+,15+/m0/s1. The molecule has 40 heavy (non-hydrogen) atoms. The zero-order valence-corrected chi connectivity index (χ0v) is 24.4. The van der Waals surface area contributed by atoms with Crippen LogP contribution in [0.1, 0.15) is 74.0 Å². The van der Waals surface area contributed by atoms with Gasteiger partial charge in [-0.25, -0.2) is 24.4 Å². The van der Waals surface area contributed by atoms with Crippen LogP contribution in [0.4, 0.5) is 26.3 Å². The number of hydrazine groups is 1. The third-order valence-corrected chi connectivity index (χ3v) is 5.27. The molecule has 0 aromatic carbocycles. The van der Waals surface area contributed by atoms with E-state index in [-0.39, 0.29) is 29.8 Å². The molecule has 0 unspecified atom stereocenters. The summed E-state index contributed by atoms with van der Waals surface area (Å²) in [6.45, 7) is 15.5. The fourth-order valence-electron chi connectivity index (χ4n) is 4.07. The molecule has 1 fully saturated rings. The third-order valence-electron chi connectivity index (χ3n) is 5.27. The highest BCUT2D eigenvalue weighted by atomic mass is 16.6. The molecule has 3 rings (SSSR count). The van der Waals surface area contributed by atoms with Crippen molar-refractivity contribution in [1.82, 2.24) is 40.4 Å². The molecular weight excluding hydrogens is 524 g/mol. The smallest absolute Gasteiger partial charge is 0.422 e. The highest BCUT2D eigenvalue weighted by Crippen LogP contribution is 2.34. The van der Waals surface area contributed by atoms with Crippen molar-refractivity contribution < 1.29 is 28.6 Å². The molecule has 222 valence electrons.